The molecule has 0 aliphatic heterocycles. The lowest BCUT2D eigenvalue weighted by Gasteiger charge is -2.07. The molecule has 0 aliphatic rings. The smallest absolute Gasteiger partial charge is 0.150 e. The van der Waals surface area contributed by atoms with Crippen LogP contribution in [0.25, 0.3) is 16.7 Å². The largest absolute Gasteiger partial charge is 0.383 e. The quantitative estimate of drug-likeness (QED) is 0.791. The zero-order valence-corrected chi connectivity index (χ0v) is 11.7. The molecule has 3 aromatic heterocycles. The summed E-state index contributed by atoms with van der Waals surface area (Å²) < 4.78 is 2.01. The molecular weight excluding hydrogens is 250 g/mol. The Hall–Kier alpha value is -2.43. The molecule has 0 unspecified atom stereocenters. The van der Waals surface area contributed by atoms with Crippen molar-refractivity contribution in [1.82, 2.24) is 19.5 Å². The predicted molar refractivity (Wildman–Crippen MR) is 79.8 cm³/mol. The molecule has 0 saturated carbocycles. The van der Waals surface area contributed by atoms with Crippen LogP contribution < -0.4 is 5.73 Å². The Balaban J connectivity index is 2.23. The molecule has 2 N–H and O–H groups in total. The molecule has 0 amide bonds. The standard InChI is InChI=1S/C15H17N5/c1-3-10-7-11(9-17-8-10)20-6-5-12-14(16)18-13(4-2)19-15(12)20/h5-9H,3-4H2,1-2H3,(H2,16,18,19). The minimum Gasteiger partial charge on any atom is -0.383 e. The van der Waals surface area contributed by atoms with Crippen molar-refractivity contribution in [2.24, 2.45) is 0 Å². The zero-order chi connectivity index (χ0) is 14.1. The molecule has 3 rings (SSSR count). The van der Waals surface area contributed by atoms with E-state index in [9.17, 15) is 0 Å². The van der Waals surface area contributed by atoms with E-state index in [1.807, 2.05) is 36.1 Å². The van der Waals surface area contributed by atoms with Crippen molar-refractivity contribution in [3.05, 3.63) is 42.1 Å². The van der Waals surface area contributed by atoms with Crippen LogP contribution in [0.15, 0.2) is 30.7 Å². The van der Waals surface area contributed by atoms with Crippen molar-refractivity contribution in [1.29, 1.82) is 0 Å². The van der Waals surface area contributed by atoms with Crippen molar-refractivity contribution in [2.45, 2.75) is 26.7 Å². The molecule has 20 heavy (non-hydrogen) atoms. The van der Waals surface area contributed by atoms with Gasteiger partial charge in [-0.15, -0.1) is 0 Å². The Kier molecular flexibility index (Phi) is 3.10. The summed E-state index contributed by atoms with van der Waals surface area (Å²) >= 11 is 0. The number of hydrogen-bond acceptors (Lipinski definition) is 4. The van der Waals surface area contributed by atoms with Crippen LogP contribution in [0.5, 0.6) is 0 Å². The fraction of sp³-hybridized carbons (Fsp3) is 0.267. The average molecular weight is 267 g/mol. The Bertz CT molecular complexity index is 760. The van der Waals surface area contributed by atoms with E-state index in [-0.39, 0.29) is 0 Å². The summed E-state index contributed by atoms with van der Waals surface area (Å²) in [6, 6.07) is 4.07. The zero-order valence-electron chi connectivity index (χ0n) is 11.7. The number of pyridine rings is 1. The van der Waals surface area contributed by atoms with Gasteiger partial charge in [0.15, 0.2) is 0 Å². The SMILES string of the molecule is CCc1cncc(-n2ccc3c(N)nc(CC)nc32)c1. The lowest BCUT2D eigenvalue weighted by molar-refractivity contribution is 0.943. The first-order valence-corrected chi connectivity index (χ1v) is 6.80. The highest BCUT2D eigenvalue weighted by atomic mass is 15.1. The number of anilines is 1. The van der Waals surface area contributed by atoms with Gasteiger partial charge in [0.1, 0.15) is 17.3 Å². The summed E-state index contributed by atoms with van der Waals surface area (Å²) in [4.78, 5) is 13.2. The molecule has 0 aliphatic carbocycles. The number of nitrogen functional groups attached to an aromatic ring is 1. The number of nitrogens with zero attached hydrogens (tertiary/aromatic N) is 4. The van der Waals surface area contributed by atoms with Gasteiger partial charge in [-0.2, -0.15) is 0 Å². The Morgan fingerprint density at radius 2 is 2.00 bits per heavy atom. The van der Waals surface area contributed by atoms with E-state index >= 15 is 0 Å². The lowest BCUT2D eigenvalue weighted by Crippen LogP contribution is -2.02. The lowest BCUT2D eigenvalue weighted by atomic mass is 10.2. The normalized spacial score (nSPS) is 11.1. The second-order valence-corrected chi connectivity index (χ2v) is 4.71. The minimum atomic E-state index is 0.533. The maximum absolute atomic E-state index is 6.00. The molecule has 0 radical (unpaired) electrons. The highest BCUT2D eigenvalue weighted by Crippen LogP contribution is 2.23. The maximum atomic E-state index is 6.00. The number of hydrogen-bond donors (Lipinski definition) is 1. The van der Waals surface area contributed by atoms with E-state index < -0.39 is 0 Å². The van der Waals surface area contributed by atoms with Crippen LogP contribution >= 0.6 is 0 Å². The van der Waals surface area contributed by atoms with Gasteiger partial charge < -0.3 is 5.73 Å². The van der Waals surface area contributed by atoms with Crippen molar-refractivity contribution < 1.29 is 0 Å². The second-order valence-electron chi connectivity index (χ2n) is 4.71. The summed E-state index contributed by atoms with van der Waals surface area (Å²) in [6.07, 6.45) is 7.40. The van der Waals surface area contributed by atoms with E-state index in [1.54, 1.807) is 0 Å². The van der Waals surface area contributed by atoms with E-state index in [4.69, 9.17) is 5.73 Å². The van der Waals surface area contributed by atoms with Crippen LogP contribution in [0.2, 0.25) is 0 Å². The van der Waals surface area contributed by atoms with Crippen LogP contribution in [-0.2, 0) is 12.8 Å². The van der Waals surface area contributed by atoms with Gasteiger partial charge in [-0.25, -0.2) is 9.97 Å². The first-order chi connectivity index (χ1) is 9.72. The Morgan fingerprint density at radius 1 is 1.15 bits per heavy atom. The number of nitrogens with two attached hydrogens (primary N) is 1. The van der Waals surface area contributed by atoms with Gasteiger partial charge >= 0.3 is 0 Å². The molecule has 0 bridgehead atoms. The van der Waals surface area contributed by atoms with Gasteiger partial charge in [-0.3, -0.25) is 9.55 Å². The maximum Gasteiger partial charge on any atom is 0.150 e. The summed E-state index contributed by atoms with van der Waals surface area (Å²) in [7, 11) is 0. The molecule has 3 aromatic rings. The fourth-order valence-electron chi connectivity index (χ4n) is 2.25. The highest BCUT2D eigenvalue weighted by Gasteiger charge is 2.10. The summed E-state index contributed by atoms with van der Waals surface area (Å²) in [5.74, 6) is 1.29. The van der Waals surface area contributed by atoms with Gasteiger partial charge in [0.25, 0.3) is 0 Å². The molecule has 102 valence electrons. The van der Waals surface area contributed by atoms with Crippen molar-refractivity contribution in [2.75, 3.05) is 5.73 Å². The third kappa shape index (κ3) is 2.01. The number of aromatic nitrogens is 4. The summed E-state index contributed by atoms with van der Waals surface area (Å²) in [6.45, 7) is 4.14. The topological polar surface area (TPSA) is 69.6 Å². The third-order valence-electron chi connectivity index (χ3n) is 3.40. The van der Waals surface area contributed by atoms with Crippen molar-refractivity contribution in [3.8, 4) is 5.69 Å². The molecule has 0 fully saturated rings. The average Bonchev–Trinajstić information content (AvgIpc) is 2.91. The third-order valence-corrected chi connectivity index (χ3v) is 3.40. The Morgan fingerprint density at radius 3 is 2.75 bits per heavy atom. The van der Waals surface area contributed by atoms with Crippen LogP contribution in [0, 0.1) is 0 Å². The summed E-state index contributed by atoms with van der Waals surface area (Å²) in [5, 5.41) is 0.879. The minimum absolute atomic E-state index is 0.533. The highest BCUT2D eigenvalue weighted by molar-refractivity contribution is 5.87. The van der Waals surface area contributed by atoms with E-state index in [1.165, 1.54) is 5.56 Å². The molecule has 3 heterocycles. The van der Waals surface area contributed by atoms with Crippen LogP contribution in [0.1, 0.15) is 25.2 Å². The molecule has 0 saturated heterocycles. The van der Waals surface area contributed by atoms with Gasteiger partial charge in [0, 0.05) is 18.8 Å². The molecule has 0 atom stereocenters. The number of aryl methyl sites for hydroxylation is 2. The molecule has 5 nitrogen and oxygen atoms in total. The summed E-state index contributed by atoms with van der Waals surface area (Å²) in [5.41, 5.74) is 9.03. The van der Waals surface area contributed by atoms with Gasteiger partial charge in [-0.05, 0) is 24.1 Å². The molecule has 5 heteroatoms. The van der Waals surface area contributed by atoms with Crippen LogP contribution in [-0.4, -0.2) is 19.5 Å². The van der Waals surface area contributed by atoms with Gasteiger partial charge in [0.05, 0.1) is 17.3 Å². The predicted octanol–water partition coefficient (Wildman–Crippen LogP) is 2.52. The fourth-order valence-corrected chi connectivity index (χ4v) is 2.25. The molecule has 0 spiro atoms. The first kappa shape index (κ1) is 12.6. The molecule has 0 aromatic carbocycles. The first-order valence-electron chi connectivity index (χ1n) is 6.80. The second kappa shape index (κ2) is 4.92. The van der Waals surface area contributed by atoms with E-state index in [2.05, 4.69) is 27.9 Å². The number of rotatable bonds is 3. The van der Waals surface area contributed by atoms with Crippen molar-refractivity contribution in [3.63, 3.8) is 0 Å². The van der Waals surface area contributed by atoms with E-state index in [0.29, 0.717) is 5.82 Å². The van der Waals surface area contributed by atoms with Crippen LogP contribution in [0.4, 0.5) is 5.82 Å². The number of fused-ring (bicyclic) bond motifs is 1. The Labute approximate surface area is 117 Å². The van der Waals surface area contributed by atoms with Crippen LogP contribution in [0.3, 0.4) is 0 Å². The molecular formula is C15H17N5. The van der Waals surface area contributed by atoms with Gasteiger partial charge in [0.2, 0.25) is 0 Å². The van der Waals surface area contributed by atoms with E-state index in [0.717, 1.165) is 35.4 Å². The monoisotopic (exact) mass is 267 g/mol. The van der Waals surface area contributed by atoms with Gasteiger partial charge in [-0.1, -0.05) is 13.8 Å². The van der Waals surface area contributed by atoms with Crippen molar-refractivity contribution >= 4 is 16.9 Å².